The van der Waals surface area contributed by atoms with E-state index in [4.69, 9.17) is 4.74 Å². The van der Waals surface area contributed by atoms with Gasteiger partial charge in [0, 0.05) is 55.5 Å². The van der Waals surface area contributed by atoms with Crippen molar-refractivity contribution < 1.29 is 19.1 Å². The zero-order chi connectivity index (χ0) is 24.8. The van der Waals surface area contributed by atoms with E-state index < -0.39 is 5.41 Å². The molecule has 0 heterocycles. The van der Waals surface area contributed by atoms with E-state index in [1.807, 2.05) is 41.5 Å². The Morgan fingerprint density at radius 3 is 2.22 bits per heavy atom. The maximum Gasteiger partial charge on any atom is 0.225 e. The predicted molar refractivity (Wildman–Crippen MR) is 137 cm³/mol. The third-order valence-corrected chi connectivity index (χ3v) is 7.97. The van der Waals surface area contributed by atoms with Crippen LogP contribution in [0.4, 0.5) is 0 Å². The topological polar surface area (TPSA) is 96.5 Å². The molecule has 0 aromatic rings. The highest BCUT2D eigenvalue weighted by Gasteiger charge is 2.29. The minimum atomic E-state index is -0.482. The Balaban J connectivity index is 3.98. The van der Waals surface area contributed by atoms with E-state index in [2.05, 4.69) is 22.9 Å². The molecule has 7 nitrogen and oxygen atoms in total. The van der Waals surface area contributed by atoms with Gasteiger partial charge in [0.25, 0.3) is 0 Å². The third-order valence-electron chi connectivity index (χ3n) is 5.01. The van der Waals surface area contributed by atoms with Gasteiger partial charge in [0.1, 0.15) is 0 Å². The minimum absolute atomic E-state index is 0.0399. The zero-order valence-electron chi connectivity index (χ0n) is 21.3. The van der Waals surface area contributed by atoms with E-state index in [0.29, 0.717) is 44.1 Å². The molecule has 0 aliphatic rings. The molecule has 0 aromatic carbocycles. The molecule has 0 rings (SSSR count). The molecule has 0 aliphatic carbocycles. The van der Waals surface area contributed by atoms with Gasteiger partial charge in [-0.3, -0.25) is 14.4 Å². The molecule has 0 saturated heterocycles. The second-order valence-electron chi connectivity index (χ2n) is 9.66. The van der Waals surface area contributed by atoms with Gasteiger partial charge in [-0.2, -0.15) is 0 Å². The van der Waals surface area contributed by atoms with E-state index in [-0.39, 0.29) is 29.4 Å². The summed E-state index contributed by atoms with van der Waals surface area (Å²) in [6, 6.07) is 0.122. The Morgan fingerprint density at radius 1 is 0.969 bits per heavy atom. The Bertz CT molecular complexity index is 584. The first-order valence-corrected chi connectivity index (χ1v) is 13.9. The molecule has 0 bridgehead atoms. The molecule has 9 heteroatoms. The van der Waals surface area contributed by atoms with Gasteiger partial charge in [0.2, 0.25) is 17.7 Å². The van der Waals surface area contributed by atoms with Crippen molar-refractivity contribution in [2.24, 2.45) is 5.41 Å². The van der Waals surface area contributed by atoms with Crippen molar-refractivity contribution in [2.45, 2.75) is 97.5 Å². The summed E-state index contributed by atoms with van der Waals surface area (Å²) in [5, 5.41) is 8.92. The Morgan fingerprint density at radius 2 is 1.62 bits per heavy atom. The lowest BCUT2D eigenvalue weighted by atomic mass is 9.88. The molecule has 32 heavy (non-hydrogen) atoms. The molecule has 0 radical (unpaired) electrons. The Hall–Kier alpha value is -0.930. The molecule has 3 amide bonds. The fourth-order valence-corrected chi connectivity index (χ4v) is 4.96. The van der Waals surface area contributed by atoms with Crippen LogP contribution in [-0.2, 0) is 19.1 Å². The van der Waals surface area contributed by atoms with Crippen molar-refractivity contribution in [1.82, 2.24) is 16.0 Å². The lowest BCUT2D eigenvalue weighted by Gasteiger charge is -2.29. The highest BCUT2D eigenvalue weighted by molar-refractivity contribution is 8.76. The normalized spacial score (nSPS) is 13.0. The van der Waals surface area contributed by atoms with Gasteiger partial charge in [-0.1, -0.05) is 42.4 Å². The number of nitrogens with one attached hydrogen (secondary N) is 3. The van der Waals surface area contributed by atoms with Gasteiger partial charge in [0.05, 0.1) is 5.60 Å². The van der Waals surface area contributed by atoms with Crippen LogP contribution in [0, 0.1) is 5.41 Å². The van der Waals surface area contributed by atoms with Crippen molar-refractivity contribution in [1.29, 1.82) is 0 Å². The highest BCUT2D eigenvalue weighted by Crippen LogP contribution is 2.29. The van der Waals surface area contributed by atoms with Crippen LogP contribution < -0.4 is 16.0 Å². The summed E-state index contributed by atoms with van der Waals surface area (Å²) in [7, 11) is 5.05. The SMILES string of the molecule is CNC(=O)CCC(C)SSCCC(=O)NCCC(C)(C)OCCC(C)(C)C(=O)NC(C)C. The number of amides is 3. The number of rotatable bonds is 17. The number of carbonyl (C=O) groups is 3. The smallest absolute Gasteiger partial charge is 0.225 e. The lowest BCUT2D eigenvalue weighted by Crippen LogP contribution is -2.41. The quantitative estimate of drug-likeness (QED) is 0.211. The van der Waals surface area contributed by atoms with Crippen LogP contribution in [-0.4, -0.2) is 60.6 Å². The van der Waals surface area contributed by atoms with Gasteiger partial charge < -0.3 is 20.7 Å². The molecule has 0 aliphatic heterocycles. The largest absolute Gasteiger partial charge is 0.375 e. The number of hydrogen-bond acceptors (Lipinski definition) is 6. The van der Waals surface area contributed by atoms with Crippen LogP contribution in [0.3, 0.4) is 0 Å². The van der Waals surface area contributed by atoms with Crippen molar-refractivity contribution in [3.05, 3.63) is 0 Å². The second kappa shape index (κ2) is 15.8. The first-order chi connectivity index (χ1) is 14.8. The van der Waals surface area contributed by atoms with Crippen molar-refractivity contribution in [3.63, 3.8) is 0 Å². The zero-order valence-corrected chi connectivity index (χ0v) is 22.9. The van der Waals surface area contributed by atoms with Gasteiger partial charge in [-0.25, -0.2) is 0 Å². The molecule has 3 N–H and O–H groups in total. The van der Waals surface area contributed by atoms with Crippen LogP contribution >= 0.6 is 21.6 Å². The lowest BCUT2D eigenvalue weighted by molar-refractivity contribution is -0.132. The summed E-state index contributed by atoms with van der Waals surface area (Å²) in [6.45, 7) is 14.9. The van der Waals surface area contributed by atoms with Gasteiger partial charge in [-0.15, -0.1) is 0 Å². The summed E-state index contributed by atoms with van der Waals surface area (Å²) in [4.78, 5) is 35.6. The minimum Gasteiger partial charge on any atom is -0.375 e. The van der Waals surface area contributed by atoms with E-state index in [1.54, 1.807) is 28.6 Å². The van der Waals surface area contributed by atoms with Crippen molar-refractivity contribution in [3.8, 4) is 0 Å². The Kier molecular flexibility index (Phi) is 15.4. The number of hydrogen-bond donors (Lipinski definition) is 3. The molecule has 188 valence electrons. The van der Waals surface area contributed by atoms with Crippen LogP contribution in [0.1, 0.15) is 80.6 Å². The van der Waals surface area contributed by atoms with Gasteiger partial charge >= 0.3 is 0 Å². The van der Waals surface area contributed by atoms with E-state index in [1.165, 1.54) is 0 Å². The van der Waals surface area contributed by atoms with E-state index >= 15 is 0 Å². The summed E-state index contributed by atoms with van der Waals surface area (Å²) < 4.78 is 6.01. The number of ether oxygens (including phenoxy) is 1. The Labute approximate surface area is 203 Å². The van der Waals surface area contributed by atoms with Gasteiger partial charge in [0.15, 0.2) is 0 Å². The fraction of sp³-hybridized carbons (Fsp3) is 0.870. The third kappa shape index (κ3) is 15.8. The van der Waals surface area contributed by atoms with E-state index in [9.17, 15) is 14.4 Å². The molecule has 0 fully saturated rings. The van der Waals surface area contributed by atoms with E-state index in [0.717, 1.165) is 12.2 Å². The standard InChI is InChI=1S/C23H45N3O4S2/c1-17(2)26-21(29)22(4,5)13-15-30-23(6,7)12-14-25-20(28)11-16-31-32-18(3)9-10-19(27)24-8/h17-18H,9-16H2,1-8H3,(H,24,27)(H,25,28)(H,26,29). The second-order valence-corrected chi connectivity index (χ2v) is 12.6. The van der Waals surface area contributed by atoms with Crippen LogP contribution in [0.15, 0.2) is 0 Å². The maximum atomic E-state index is 12.3. The molecule has 1 atom stereocenters. The summed E-state index contributed by atoms with van der Waals surface area (Å²) >= 11 is 0. The predicted octanol–water partition coefficient (Wildman–Crippen LogP) is 3.92. The van der Waals surface area contributed by atoms with Gasteiger partial charge in [-0.05, 0) is 47.0 Å². The number of carbonyl (C=O) groups excluding carboxylic acids is 3. The molecule has 1 unspecified atom stereocenters. The molecule has 0 aromatic heterocycles. The van der Waals surface area contributed by atoms with Crippen molar-refractivity contribution in [2.75, 3.05) is 26.0 Å². The summed E-state index contributed by atoms with van der Waals surface area (Å²) in [6.07, 6.45) is 3.18. The molecule has 0 spiro atoms. The average molecular weight is 492 g/mol. The fourth-order valence-electron chi connectivity index (χ4n) is 2.62. The summed E-state index contributed by atoms with van der Waals surface area (Å²) in [5.41, 5.74) is -0.854. The molecular formula is C23H45N3O4S2. The summed E-state index contributed by atoms with van der Waals surface area (Å²) in [5.74, 6) is 0.888. The average Bonchev–Trinajstić information content (AvgIpc) is 2.68. The van der Waals surface area contributed by atoms with Crippen LogP contribution in [0.5, 0.6) is 0 Å². The van der Waals surface area contributed by atoms with Crippen LogP contribution in [0.2, 0.25) is 0 Å². The van der Waals surface area contributed by atoms with Crippen LogP contribution in [0.25, 0.3) is 0 Å². The first kappa shape index (κ1) is 31.1. The maximum absolute atomic E-state index is 12.3. The molecular weight excluding hydrogens is 446 g/mol. The highest BCUT2D eigenvalue weighted by atomic mass is 33.1. The van der Waals surface area contributed by atoms with Crippen molar-refractivity contribution >= 4 is 39.3 Å². The monoisotopic (exact) mass is 491 g/mol. The first-order valence-electron chi connectivity index (χ1n) is 11.5. The molecule has 0 saturated carbocycles.